The summed E-state index contributed by atoms with van der Waals surface area (Å²) in [6.45, 7) is 2.50. The fourth-order valence-corrected chi connectivity index (χ4v) is 4.50. The summed E-state index contributed by atoms with van der Waals surface area (Å²) < 4.78 is 7.42. The van der Waals surface area contributed by atoms with Crippen LogP contribution in [-0.2, 0) is 11.3 Å². The fraction of sp³-hybridized carbons (Fsp3) is 0.190. The Morgan fingerprint density at radius 1 is 1.21 bits per heavy atom. The first-order valence-corrected chi connectivity index (χ1v) is 11.0. The van der Waals surface area contributed by atoms with Crippen LogP contribution in [0.3, 0.4) is 0 Å². The van der Waals surface area contributed by atoms with Gasteiger partial charge in [0.1, 0.15) is 5.76 Å². The number of hydrogen-bond donors (Lipinski definition) is 0. The van der Waals surface area contributed by atoms with Crippen molar-refractivity contribution in [2.75, 3.05) is 12.8 Å². The first kappa shape index (κ1) is 19.5. The number of thiophene rings is 1. The largest absolute Gasteiger partial charge is 0.469 e. The number of rotatable bonds is 7. The highest BCUT2D eigenvalue weighted by atomic mass is 32.2. The van der Waals surface area contributed by atoms with Gasteiger partial charge in [-0.3, -0.25) is 9.36 Å². The van der Waals surface area contributed by atoms with E-state index < -0.39 is 0 Å². The summed E-state index contributed by atoms with van der Waals surface area (Å²) in [6, 6.07) is 13.8. The van der Waals surface area contributed by atoms with E-state index in [1.807, 2.05) is 66.4 Å². The van der Waals surface area contributed by atoms with Crippen LogP contribution in [0.4, 0.5) is 0 Å². The topological polar surface area (TPSA) is 64.2 Å². The number of aromatic nitrogens is 3. The number of carbonyl (C=O) groups is 1. The van der Waals surface area contributed by atoms with E-state index in [4.69, 9.17) is 4.42 Å². The van der Waals surface area contributed by atoms with Crippen LogP contribution in [0.1, 0.15) is 11.3 Å². The zero-order valence-electron chi connectivity index (χ0n) is 16.1. The molecule has 8 heteroatoms. The molecule has 0 saturated carbocycles. The third kappa shape index (κ3) is 4.28. The van der Waals surface area contributed by atoms with Gasteiger partial charge in [-0.15, -0.1) is 10.2 Å². The maximum Gasteiger partial charge on any atom is 0.233 e. The molecule has 0 unspecified atom stereocenters. The summed E-state index contributed by atoms with van der Waals surface area (Å²) in [7, 11) is 1.82. The number of amides is 1. The second-order valence-electron chi connectivity index (χ2n) is 6.54. The average Bonchev–Trinajstić information content (AvgIpc) is 3.47. The SMILES string of the molecule is Cc1occc1-c1nnc(SCC(=O)N(C)Cc2ccsc2)n1-c1ccccc1. The summed E-state index contributed by atoms with van der Waals surface area (Å²) in [5, 5.41) is 13.5. The Morgan fingerprint density at radius 3 is 2.72 bits per heavy atom. The third-order valence-electron chi connectivity index (χ3n) is 4.50. The summed E-state index contributed by atoms with van der Waals surface area (Å²) in [5.74, 6) is 1.81. The van der Waals surface area contributed by atoms with E-state index in [1.165, 1.54) is 11.8 Å². The second-order valence-corrected chi connectivity index (χ2v) is 8.26. The number of hydrogen-bond acceptors (Lipinski definition) is 6. The summed E-state index contributed by atoms with van der Waals surface area (Å²) in [4.78, 5) is 14.4. The quantitative estimate of drug-likeness (QED) is 0.404. The molecule has 0 fully saturated rings. The number of furan rings is 1. The van der Waals surface area contributed by atoms with Crippen molar-refractivity contribution in [1.82, 2.24) is 19.7 Å². The number of nitrogens with zero attached hydrogens (tertiary/aromatic N) is 4. The lowest BCUT2D eigenvalue weighted by Crippen LogP contribution is -2.27. The van der Waals surface area contributed by atoms with Crippen LogP contribution >= 0.6 is 23.1 Å². The van der Waals surface area contributed by atoms with Crippen molar-refractivity contribution in [3.8, 4) is 17.1 Å². The lowest BCUT2D eigenvalue weighted by atomic mass is 10.2. The van der Waals surface area contributed by atoms with E-state index in [0.717, 1.165) is 22.6 Å². The molecule has 0 aliphatic rings. The maximum atomic E-state index is 12.6. The molecule has 0 saturated heterocycles. The first-order valence-electron chi connectivity index (χ1n) is 9.06. The Morgan fingerprint density at radius 2 is 2.03 bits per heavy atom. The third-order valence-corrected chi connectivity index (χ3v) is 6.14. The molecule has 148 valence electrons. The minimum absolute atomic E-state index is 0.0462. The average molecular weight is 425 g/mol. The number of aryl methyl sites for hydroxylation is 1. The molecule has 0 aliphatic carbocycles. The zero-order valence-corrected chi connectivity index (χ0v) is 17.7. The van der Waals surface area contributed by atoms with Gasteiger partial charge in [0.2, 0.25) is 5.91 Å². The van der Waals surface area contributed by atoms with Gasteiger partial charge in [0.15, 0.2) is 11.0 Å². The molecule has 0 N–H and O–H groups in total. The van der Waals surface area contributed by atoms with Crippen molar-refractivity contribution in [3.63, 3.8) is 0 Å². The molecule has 0 aliphatic heterocycles. The van der Waals surface area contributed by atoms with Crippen molar-refractivity contribution >= 4 is 29.0 Å². The summed E-state index contributed by atoms with van der Waals surface area (Å²) >= 11 is 3.02. The Labute approximate surface area is 177 Å². The highest BCUT2D eigenvalue weighted by Crippen LogP contribution is 2.30. The Bertz CT molecular complexity index is 1090. The van der Waals surface area contributed by atoms with Crippen LogP contribution in [0.2, 0.25) is 0 Å². The summed E-state index contributed by atoms with van der Waals surface area (Å²) in [6.07, 6.45) is 1.64. The van der Waals surface area contributed by atoms with Crippen LogP contribution in [0, 0.1) is 6.92 Å². The predicted octanol–water partition coefficient (Wildman–Crippen LogP) is 4.65. The van der Waals surface area contributed by atoms with Crippen molar-refractivity contribution in [2.24, 2.45) is 0 Å². The van der Waals surface area contributed by atoms with Crippen LogP contribution in [-0.4, -0.2) is 38.4 Å². The molecular weight excluding hydrogens is 404 g/mol. The standard InChI is InChI=1S/C21H20N4O2S2/c1-15-18(8-10-27-15)20-22-23-21(25(20)17-6-4-3-5-7-17)29-14-19(26)24(2)12-16-9-11-28-13-16/h3-11,13H,12,14H2,1-2H3. The molecule has 1 amide bonds. The predicted molar refractivity (Wildman–Crippen MR) is 115 cm³/mol. The molecule has 3 aromatic heterocycles. The molecule has 29 heavy (non-hydrogen) atoms. The lowest BCUT2D eigenvalue weighted by Gasteiger charge is -2.16. The Hall–Kier alpha value is -2.84. The molecule has 0 atom stereocenters. The number of benzene rings is 1. The van der Waals surface area contributed by atoms with E-state index in [-0.39, 0.29) is 11.7 Å². The van der Waals surface area contributed by atoms with Crippen molar-refractivity contribution in [1.29, 1.82) is 0 Å². The molecule has 0 spiro atoms. The smallest absolute Gasteiger partial charge is 0.233 e. The van der Waals surface area contributed by atoms with Crippen LogP contribution in [0.25, 0.3) is 17.1 Å². The number of carbonyl (C=O) groups excluding carboxylic acids is 1. The van der Waals surface area contributed by atoms with Gasteiger partial charge in [0.25, 0.3) is 0 Å². The molecule has 1 aromatic carbocycles. The molecular formula is C21H20N4O2S2. The number of para-hydroxylation sites is 1. The Balaban J connectivity index is 1.57. The molecule has 3 heterocycles. The fourth-order valence-electron chi connectivity index (χ4n) is 2.95. The minimum atomic E-state index is 0.0462. The molecule has 6 nitrogen and oxygen atoms in total. The van der Waals surface area contributed by atoms with Crippen molar-refractivity contribution in [2.45, 2.75) is 18.6 Å². The number of thioether (sulfide) groups is 1. The zero-order chi connectivity index (χ0) is 20.2. The van der Waals surface area contributed by atoms with E-state index in [0.29, 0.717) is 17.5 Å². The lowest BCUT2D eigenvalue weighted by molar-refractivity contribution is -0.127. The van der Waals surface area contributed by atoms with Crippen LogP contribution in [0.15, 0.2) is 69.1 Å². The highest BCUT2D eigenvalue weighted by Gasteiger charge is 2.20. The van der Waals surface area contributed by atoms with Crippen LogP contribution in [0.5, 0.6) is 0 Å². The molecule has 0 radical (unpaired) electrons. The van der Waals surface area contributed by atoms with Gasteiger partial charge >= 0.3 is 0 Å². The first-order chi connectivity index (χ1) is 14.1. The monoisotopic (exact) mass is 424 g/mol. The van der Waals surface area contributed by atoms with Crippen molar-refractivity contribution in [3.05, 3.63) is 70.8 Å². The second kappa shape index (κ2) is 8.67. The molecule has 0 bridgehead atoms. The van der Waals surface area contributed by atoms with Gasteiger partial charge in [0.05, 0.1) is 17.6 Å². The molecule has 4 rings (SSSR count). The van der Waals surface area contributed by atoms with Gasteiger partial charge in [-0.2, -0.15) is 11.3 Å². The normalized spacial score (nSPS) is 11.0. The van der Waals surface area contributed by atoms with Gasteiger partial charge in [0, 0.05) is 19.3 Å². The van der Waals surface area contributed by atoms with Gasteiger partial charge in [-0.25, -0.2) is 0 Å². The van der Waals surface area contributed by atoms with Gasteiger partial charge in [-0.1, -0.05) is 30.0 Å². The highest BCUT2D eigenvalue weighted by molar-refractivity contribution is 7.99. The van der Waals surface area contributed by atoms with E-state index in [2.05, 4.69) is 15.6 Å². The van der Waals surface area contributed by atoms with E-state index >= 15 is 0 Å². The Kier molecular flexibility index (Phi) is 5.82. The van der Waals surface area contributed by atoms with Gasteiger partial charge < -0.3 is 9.32 Å². The van der Waals surface area contributed by atoms with Gasteiger partial charge in [-0.05, 0) is 47.5 Å². The van der Waals surface area contributed by atoms with Crippen LogP contribution < -0.4 is 0 Å². The maximum absolute atomic E-state index is 12.6. The van der Waals surface area contributed by atoms with E-state index in [1.54, 1.807) is 22.5 Å². The summed E-state index contributed by atoms with van der Waals surface area (Å²) in [5.41, 5.74) is 2.96. The minimum Gasteiger partial charge on any atom is -0.469 e. The molecule has 4 aromatic rings. The van der Waals surface area contributed by atoms with Crippen molar-refractivity contribution < 1.29 is 9.21 Å². The van der Waals surface area contributed by atoms with E-state index in [9.17, 15) is 4.79 Å².